The van der Waals surface area contributed by atoms with Crippen molar-refractivity contribution in [3.8, 4) is 11.3 Å². The first-order valence-electron chi connectivity index (χ1n) is 10.5. The highest BCUT2D eigenvalue weighted by Crippen LogP contribution is 2.55. The van der Waals surface area contributed by atoms with Gasteiger partial charge in [-0.1, -0.05) is 34.4 Å². The minimum absolute atomic E-state index is 0.218. The molecule has 7 heteroatoms. The zero-order chi connectivity index (χ0) is 19.6. The van der Waals surface area contributed by atoms with E-state index in [2.05, 4.69) is 5.16 Å². The van der Waals surface area contributed by atoms with Gasteiger partial charge in [0.2, 0.25) is 0 Å². The van der Waals surface area contributed by atoms with Crippen molar-refractivity contribution in [2.75, 3.05) is 13.2 Å². The van der Waals surface area contributed by atoms with E-state index in [9.17, 15) is 0 Å². The smallest absolute Gasteiger partial charge is 0.171 e. The molecule has 0 amide bonds. The average Bonchev–Trinajstić information content (AvgIpc) is 3.06. The Hall–Kier alpha value is -1.11. The van der Waals surface area contributed by atoms with Gasteiger partial charge in [0.05, 0.1) is 36.0 Å². The van der Waals surface area contributed by atoms with Gasteiger partial charge in [-0.25, -0.2) is 0 Å². The van der Waals surface area contributed by atoms with Crippen molar-refractivity contribution in [2.45, 2.75) is 56.5 Å². The van der Waals surface area contributed by atoms with Crippen LogP contribution in [0.4, 0.5) is 0 Å². The van der Waals surface area contributed by atoms with E-state index in [1.165, 1.54) is 0 Å². The third-order valence-corrected chi connectivity index (χ3v) is 7.61. The van der Waals surface area contributed by atoms with Crippen LogP contribution < -0.4 is 0 Å². The standard InChI is InChI=1S/C22H23Cl2NO4/c23-16-2-1-3-17(24)19(16)20-15(21(29-25-20)12-4-5-12)11-26-18-9-14-8-13(18)10-22(14)27-6-7-28-22/h1-3,12-14,18H,4-11H2. The molecule has 1 aromatic heterocycles. The first-order chi connectivity index (χ1) is 14.1. The van der Waals surface area contributed by atoms with E-state index in [-0.39, 0.29) is 11.9 Å². The second-order valence-electron chi connectivity index (χ2n) is 8.74. The quantitative estimate of drug-likeness (QED) is 0.612. The molecule has 1 spiro atoms. The fraction of sp³-hybridized carbons (Fsp3) is 0.591. The molecule has 3 atom stereocenters. The van der Waals surface area contributed by atoms with Gasteiger partial charge in [-0.15, -0.1) is 0 Å². The second kappa shape index (κ2) is 6.96. The molecule has 6 rings (SSSR count). The molecule has 3 unspecified atom stereocenters. The van der Waals surface area contributed by atoms with Crippen molar-refractivity contribution in [2.24, 2.45) is 11.8 Å². The molecule has 4 aliphatic rings. The SMILES string of the molecule is Clc1cccc(Cl)c1-c1noc(C2CC2)c1COC1CC2CC1CC21OCCO1. The van der Waals surface area contributed by atoms with Gasteiger partial charge >= 0.3 is 0 Å². The minimum Gasteiger partial charge on any atom is -0.373 e. The summed E-state index contributed by atoms with van der Waals surface area (Å²) in [6.45, 7) is 1.89. The van der Waals surface area contributed by atoms with Gasteiger partial charge in [-0.05, 0) is 43.7 Å². The van der Waals surface area contributed by atoms with E-state index in [0.717, 1.165) is 49.0 Å². The number of fused-ring (bicyclic) bond motifs is 3. The molecule has 29 heavy (non-hydrogen) atoms. The highest BCUT2D eigenvalue weighted by atomic mass is 35.5. The number of benzene rings is 1. The molecule has 0 radical (unpaired) electrons. The van der Waals surface area contributed by atoms with Gasteiger partial charge in [0.1, 0.15) is 11.5 Å². The lowest BCUT2D eigenvalue weighted by Crippen LogP contribution is -2.40. The zero-order valence-corrected chi connectivity index (χ0v) is 17.5. The summed E-state index contributed by atoms with van der Waals surface area (Å²) in [5.41, 5.74) is 2.43. The van der Waals surface area contributed by atoms with E-state index in [1.54, 1.807) is 0 Å². The molecule has 5 nitrogen and oxygen atoms in total. The van der Waals surface area contributed by atoms with Crippen LogP contribution in [0.25, 0.3) is 11.3 Å². The van der Waals surface area contributed by atoms with E-state index in [1.807, 2.05) is 18.2 Å². The van der Waals surface area contributed by atoms with E-state index in [4.69, 9.17) is 41.9 Å². The zero-order valence-electron chi connectivity index (χ0n) is 16.0. The molecule has 1 aliphatic heterocycles. The number of hydrogen-bond donors (Lipinski definition) is 0. The number of halogens is 2. The molecule has 4 fully saturated rings. The monoisotopic (exact) mass is 435 g/mol. The molecule has 1 aromatic carbocycles. The molecular formula is C22H23Cl2NO4. The van der Waals surface area contributed by atoms with Crippen LogP contribution in [0.15, 0.2) is 22.7 Å². The van der Waals surface area contributed by atoms with Crippen molar-refractivity contribution in [3.05, 3.63) is 39.6 Å². The first kappa shape index (κ1) is 18.6. The van der Waals surface area contributed by atoms with Gasteiger partial charge in [0.25, 0.3) is 0 Å². The van der Waals surface area contributed by atoms with Crippen molar-refractivity contribution in [3.63, 3.8) is 0 Å². The Morgan fingerprint density at radius 2 is 1.86 bits per heavy atom. The van der Waals surface area contributed by atoms with Crippen molar-refractivity contribution >= 4 is 23.2 Å². The minimum atomic E-state index is -0.336. The summed E-state index contributed by atoms with van der Waals surface area (Å²) in [5, 5.41) is 5.51. The predicted octanol–water partition coefficient (Wildman–Crippen LogP) is 5.58. The van der Waals surface area contributed by atoms with Crippen LogP contribution in [-0.2, 0) is 20.8 Å². The first-order valence-corrected chi connectivity index (χ1v) is 11.2. The summed E-state index contributed by atoms with van der Waals surface area (Å²) in [6, 6.07) is 5.50. The number of rotatable bonds is 5. The molecule has 3 saturated carbocycles. The van der Waals surface area contributed by atoms with E-state index in [0.29, 0.717) is 53.3 Å². The summed E-state index contributed by atoms with van der Waals surface area (Å²) < 4.78 is 24.1. The molecular weight excluding hydrogens is 413 g/mol. The summed E-state index contributed by atoms with van der Waals surface area (Å²) in [5.74, 6) is 1.94. The van der Waals surface area contributed by atoms with Gasteiger partial charge < -0.3 is 18.7 Å². The lowest BCUT2D eigenvalue weighted by Gasteiger charge is -2.35. The van der Waals surface area contributed by atoms with Crippen LogP contribution in [0.5, 0.6) is 0 Å². The second-order valence-corrected chi connectivity index (χ2v) is 9.55. The Kier molecular flexibility index (Phi) is 4.47. The van der Waals surface area contributed by atoms with Crippen molar-refractivity contribution < 1.29 is 18.7 Å². The van der Waals surface area contributed by atoms with Gasteiger partial charge in [-0.3, -0.25) is 0 Å². The van der Waals surface area contributed by atoms with Crippen LogP contribution in [0.1, 0.15) is 49.3 Å². The van der Waals surface area contributed by atoms with Crippen LogP contribution in [-0.4, -0.2) is 30.3 Å². The third-order valence-electron chi connectivity index (χ3n) is 6.98. The topological polar surface area (TPSA) is 53.7 Å². The summed E-state index contributed by atoms with van der Waals surface area (Å²) in [7, 11) is 0. The predicted molar refractivity (Wildman–Crippen MR) is 108 cm³/mol. The Labute approximate surface area is 179 Å². The Morgan fingerprint density at radius 1 is 1.10 bits per heavy atom. The fourth-order valence-corrected chi connectivity index (χ4v) is 6.04. The van der Waals surface area contributed by atoms with Crippen LogP contribution in [0, 0.1) is 11.8 Å². The molecule has 2 aromatic rings. The maximum Gasteiger partial charge on any atom is 0.171 e. The normalized spacial score (nSPS) is 29.9. The Morgan fingerprint density at radius 3 is 2.52 bits per heavy atom. The number of hydrogen-bond acceptors (Lipinski definition) is 5. The Balaban J connectivity index is 1.24. The molecule has 2 heterocycles. The number of ether oxygens (including phenoxy) is 3. The van der Waals surface area contributed by atoms with Crippen molar-refractivity contribution in [1.82, 2.24) is 5.16 Å². The highest BCUT2D eigenvalue weighted by molar-refractivity contribution is 6.39. The van der Waals surface area contributed by atoms with Gasteiger partial charge in [0, 0.05) is 29.4 Å². The summed E-state index contributed by atoms with van der Waals surface area (Å²) in [4.78, 5) is 0. The molecule has 1 saturated heterocycles. The summed E-state index contributed by atoms with van der Waals surface area (Å²) in [6.07, 6.45) is 5.51. The van der Waals surface area contributed by atoms with Gasteiger partial charge in [-0.2, -0.15) is 0 Å². The van der Waals surface area contributed by atoms with Gasteiger partial charge in [0.15, 0.2) is 5.79 Å². The van der Waals surface area contributed by atoms with E-state index >= 15 is 0 Å². The fourth-order valence-electron chi connectivity index (χ4n) is 5.46. The number of aromatic nitrogens is 1. The number of nitrogens with zero attached hydrogens (tertiary/aromatic N) is 1. The molecule has 2 bridgehead atoms. The molecule has 0 N–H and O–H groups in total. The summed E-state index contributed by atoms with van der Waals surface area (Å²) >= 11 is 12.9. The highest BCUT2D eigenvalue weighted by Gasteiger charge is 2.59. The van der Waals surface area contributed by atoms with E-state index < -0.39 is 0 Å². The molecule has 3 aliphatic carbocycles. The third kappa shape index (κ3) is 3.05. The van der Waals surface area contributed by atoms with Crippen LogP contribution in [0.3, 0.4) is 0 Å². The maximum atomic E-state index is 6.45. The lowest BCUT2D eigenvalue weighted by molar-refractivity contribution is -0.203. The molecule has 154 valence electrons. The van der Waals surface area contributed by atoms with Crippen LogP contribution >= 0.6 is 23.2 Å². The lowest BCUT2D eigenvalue weighted by atomic mass is 9.91. The van der Waals surface area contributed by atoms with Crippen LogP contribution in [0.2, 0.25) is 10.0 Å². The largest absolute Gasteiger partial charge is 0.373 e. The van der Waals surface area contributed by atoms with Crippen molar-refractivity contribution in [1.29, 1.82) is 0 Å². The maximum absolute atomic E-state index is 6.45. The average molecular weight is 436 g/mol. The Bertz CT molecular complexity index is 915.